The highest BCUT2D eigenvalue weighted by molar-refractivity contribution is 5.88. The highest BCUT2D eigenvalue weighted by atomic mass is 15.1. The molecule has 0 unspecified atom stereocenters. The second-order valence-electron chi connectivity index (χ2n) is 9.09. The molecule has 4 aromatic carbocycles. The molecule has 168 valence electrons. The summed E-state index contributed by atoms with van der Waals surface area (Å²) in [7, 11) is 2.11. The Labute approximate surface area is 207 Å². The lowest BCUT2D eigenvalue weighted by Crippen LogP contribution is -2.29. The van der Waals surface area contributed by atoms with Crippen molar-refractivity contribution in [1.29, 1.82) is 0 Å². The minimum atomic E-state index is -0.386. The number of hydrogen-bond donors (Lipinski definition) is 0. The van der Waals surface area contributed by atoms with Crippen LogP contribution in [0.4, 0.5) is 5.69 Å². The van der Waals surface area contributed by atoms with Gasteiger partial charge in [0.1, 0.15) is 0 Å². The van der Waals surface area contributed by atoms with Crippen LogP contribution in [0.1, 0.15) is 28.7 Å². The molecular weight excluding hydrogens is 422 g/mol. The molecule has 35 heavy (non-hydrogen) atoms. The summed E-state index contributed by atoms with van der Waals surface area (Å²) in [5.41, 5.74) is 13.4. The van der Waals surface area contributed by atoms with E-state index in [4.69, 9.17) is 0 Å². The summed E-state index contributed by atoms with van der Waals surface area (Å²) in [4.78, 5) is 2.20. The van der Waals surface area contributed by atoms with Gasteiger partial charge in [-0.25, -0.2) is 0 Å². The molecular formula is C34H27N. The maximum Gasteiger partial charge on any atom is 0.0838 e. The number of likely N-dealkylation sites (N-methyl/N-ethyl adjacent to an activating group) is 1. The fourth-order valence-corrected chi connectivity index (χ4v) is 5.65. The number of hydrogen-bond acceptors (Lipinski definition) is 1. The van der Waals surface area contributed by atoms with Gasteiger partial charge in [-0.05, 0) is 64.1 Å². The van der Waals surface area contributed by atoms with Gasteiger partial charge in [0.15, 0.2) is 0 Å². The summed E-state index contributed by atoms with van der Waals surface area (Å²) in [6.45, 7) is 0. The first-order chi connectivity index (χ1) is 17.3. The Morgan fingerprint density at radius 2 is 1.26 bits per heavy atom. The fourth-order valence-electron chi connectivity index (χ4n) is 5.65. The number of allylic oxidation sites excluding steroid dienone is 4. The van der Waals surface area contributed by atoms with Crippen molar-refractivity contribution >= 4 is 11.3 Å². The molecule has 0 radical (unpaired) electrons. The molecule has 0 aromatic heterocycles. The van der Waals surface area contributed by atoms with Gasteiger partial charge in [0, 0.05) is 12.7 Å². The van der Waals surface area contributed by atoms with E-state index in [0.29, 0.717) is 0 Å². The molecule has 0 fully saturated rings. The van der Waals surface area contributed by atoms with Crippen molar-refractivity contribution < 1.29 is 0 Å². The van der Waals surface area contributed by atoms with Crippen molar-refractivity contribution in [3.63, 3.8) is 0 Å². The van der Waals surface area contributed by atoms with E-state index in [1.165, 1.54) is 33.4 Å². The zero-order valence-corrected chi connectivity index (χ0v) is 19.9. The summed E-state index contributed by atoms with van der Waals surface area (Å²) in [5.74, 6) is 0. The Bertz CT molecular complexity index is 1440. The van der Waals surface area contributed by atoms with E-state index in [-0.39, 0.29) is 5.41 Å². The van der Waals surface area contributed by atoms with Gasteiger partial charge in [0.25, 0.3) is 0 Å². The van der Waals surface area contributed by atoms with E-state index in [1.807, 2.05) is 0 Å². The first-order valence-corrected chi connectivity index (χ1v) is 12.2. The van der Waals surface area contributed by atoms with Crippen LogP contribution in [0.5, 0.6) is 0 Å². The van der Waals surface area contributed by atoms with Crippen molar-refractivity contribution in [2.24, 2.45) is 0 Å². The second kappa shape index (κ2) is 8.80. The van der Waals surface area contributed by atoms with Gasteiger partial charge in [-0.1, -0.05) is 115 Å². The highest BCUT2D eigenvalue weighted by Crippen LogP contribution is 2.55. The van der Waals surface area contributed by atoms with Crippen LogP contribution < -0.4 is 4.90 Å². The quantitative estimate of drug-likeness (QED) is 0.286. The topological polar surface area (TPSA) is 3.24 Å². The summed E-state index contributed by atoms with van der Waals surface area (Å²) < 4.78 is 0. The van der Waals surface area contributed by atoms with Crippen LogP contribution in [0.15, 0.2) is 150 Å². The molecule has 0 saturated heterocycles. The van der Waals surface area contributed by atoms with Gasteiger partial charge in [-0.3, -0.25) is 0 Å². The third-order valence-corrected chi connectivity index (χ3v) is 7.27. The van der Waals surface area contributed by atoms with Gasteiger partial charge < -0.3 is 4.90 Å². The van der Waals surface area contributed by atoms with E-state index >= 15 is 0 Å². The molecule has 6 rings (SSSR count). The summed E-state index contributed by atoms with van der Waals surface area (Å²) in [5, 5.41) is 0. The van der Waals surface area contributed by atoms with Gasteiger partial charge in [0.05, 0.1) is 11.1 Å². The third-order valence-electron chi connectivity index (χ3n) is 7.27. The van der Waals surface area contributed by atoms with E-state index in [2.05, 4.69) is 151 Å². The molecule has 0 heterocycles. The van der Waals surface area contributed by atoms with Crippen molar-refractivity contribution in [2.45, 2.75) is 11.8 Å². The average molecular weight is 450 g/mol. The van der Waals surface area contributed by atoms with Gasteiger partial charge in [0.2, 0.25) is 0 Å². The van der Waals surface area contributed by atoms with E-state index in [1.54, 1.807) is 0 Å². The molecule has 1 heteroatoms. The predicted molar refractivity (Wildman–Crippen MR) is 146 cm³/mol. The summed E-state index contributed by atoms with van der Waals surface area (Å²) in [6, 6.07) is 41.3. The van der Waals surface area contributed by atoms with E-state index in [0.717, 1.165) is 17.8 Å². The second-order valence-corrected chi connectivity index (χ2v) is 9.09. The lowest BCUT2D eigenvalue weighted by molar-refractivity contribution is 0.761. The molecule has 0 spiro atoms. The Balaban J connectivity index is 1.64. The Kier molecular flexibility index (Phi) is 5.34. The van der Waals surface area contributed by atoms with Gasteiger partial charge >= 0.3 is 0 Å². The maximum absolute atomic E-state index is 3.69. The highest BCUT2D eigenvalue weighted by Gasteiger charge is 2.46. The van der Waals surface area contributed by atoms with Crippen LogP contribution in [-0.2, 0) is 5.41 Å². The Hall–Kier alpha value is -4.32. The molecule has 4 aromatic rings. The number of para-hydroxylation sites is 1. The minimum absolute atomic E-state index is 0.386. The van der Waals surface area contributed by atoms with Crippen molar-refractivity contribution in [1.82, 2.24) is 0 Å². The number of nitrogens with zero attached hydrogens (tertiary/aromatic N) is 1. The summed E-state index contributed by atoms with van der Waals surface area (Å²) >= 11 is 0. The van der Waals surface area contributed by atoms with E-state index in [9.17, 15) is 0 Å². The van der Waals surface area contributed by atoms with Crippen LogP contribution >= 0.6 is 0 Å². The summed E-state index contributed by atoms with van der Waals surface area (Å²) in [6.07, 6.45) is 7.60. The van der Waals surface area contributed by atoms with Crippen molar-refractivity contribution in [2.75, 3.05) is 11.9 Å². The van der Waals surface area contributed by atoms with Crippen molar-refractivity contribution in [3.05, 3.63) is 173 Å². The first-order valence-electron chi connectivity index (χ1n) is 12.2. The molecule has 0 atom stereocenters. The zero-order valence-electron chi connectivity index (χ0n) is 19.9. The lowest BCUT2D eigenvalue weighted by Gasteiger charge is -2.34. The molecule has 0 amide bonds. The molecule has 2 aliphatic rings. The monoisotopic (exact) mass is 449 g/mol. The Morgan fingerprint density at radius 1 is 0.686 bits per heavy atom. The molecule has 0 aliphatic heterocycles. The van der Waals surface area contributed by atoms with Crippen LogP contribution in [-0.4, -0.2) is 7.05 Å². The smallest absolute Gasteiger partial charge is 0.0838 e. The van der Waals surface area contributed by atoms with Crippen LogP contribution in [0, 0.1) is 0 Å². The SMILES string of the molecule is CN(C1=C=CC2=C(C/C=C\1)c1ccccc1C2(c1ccccc1)c1ccccc1)c1ccccc1. The largest absolute Gasteiger partial charge is 0.338 e. The van der Waals surface area contributed by atoms with Gasteiger partial charge in [-0.15, -0.1) is 0 Å². The molecule has 0 saturated carbocycles. The molecule has 0 N–H and O–H groups in total. The third kappa shape index (κ3) is 3.41. The number of anilines is 1. The Morgan fingerprint density at radius 3 is 1.91 bits per heavy atom. The van der Waals surface area contributed by atoms with Crippen molar-refractivity contribution in [3.8, 4) is 0 Å². The van der Waals surface area contributed by atoms with E-state index < -0.39 is 0 Å². The lowest BCUT2D eigenvalue weighted by atomic mass is 9.66. The predicted octanol–water partition coefficient (Wildman–Crippen LogP) is 7.92. The van der Waals surface area contributed by atoms with Crippen LogP contribution in [0.25, 0.3) is 5.57 Å². The standard InChI is InChI=1S/C34H27N/c1-35(28-18-9-4-10-19-28)29-20-13-22-31-30-21-11-12-23-32(30)34(33(31)25-24-29,26-14-5-2-6-15-26)27-16-7-3-8-17-27/h2-21,23,25H,22H2,1H3/b20-13-. The number of rotatable bonds is 4. The number of fused-ring (bicyclic) bond motifs is 2. The molecule has 2 aliphatic carbocycles. The molecule has 0 bridgehead atoms. The van der Waals surface area contributed by atoms with Gasteiger partial charge in [-0.2, -0.15) is 0 Å². The number of benzene rings is 4. The first kappa shape index (κ1) is 21.2. The maximum atomic E-state index is 3.69. The normalized spacial score (nSPS) is 16.5. The zero-order chi connectivity index (χ0) is 23.7. The molecule has 1 nitrogen and oxygen atoms in total. The van der Waals surface area contributed by atoms with Crippen LogP contribution in [0.2, 0.25) is 0 Å². The average Bonchev–Trinajstić information content (AvgIpc) is 3.19. The minimum Gasteiger partial charge on any atom is -0.338 e. The van der Waals surface area contributed by atoms with Crippen LogP contribution in [0.3, 0.4) is 0 Å². The fraction of sp³-hybridized carbons (Fsp3) is 0.0882.